The molecule has 4 heteroatoms. The monoisotopic (exact) mass is 366 g/mol. The lowest BCUT2D eigenvalue weighted by Gasteiger charge is -2.52. The predicted octanol–water partition coefficient (Wildman–Crippen LogP) is 3.98. The maximum absolute atomic E-state index is 11.6. The van der Waals surface area contributed by atoms with E-state index in [1.807, 2.05) is 12.1 Å². The summed E-state index contributed by atoms with van der Waals surface area (Å²) in [6.45, 7) is 2.23. The first-order valence-corrected chi connectivity index (χ1v) is 10.1. The fourth-order valence-electron chi connectivity index (χ4n) is 6.50. The molecule has 0 spiro atoms. The average molecular weight is 366 g/mol. The number of aromatic hydroxyl groups is 1. The number of ether oxygens (including phenoxy) is 1. The average Bonchev–Trinajstić information content (AvgIpc) is 3.15. The van der Waals surface area contributed by atoms with Crippen LogP contribution in [-0.2, 0) is 16.0 Å². The molecule has 0 amide bonds. The van der Waals surface area contributed by atoms with Gasteiger partial charge in [-0.15, -0.1) is 0 Å². The maximum atomic E-state index is 11.6. The highest BCUT2D eigenvalue weighted by Gasteiger charge is 2.61. The standard InChI is InChI=1S/C23H26O4/c1-22-10-8-18-17-6-3-15(24)12-14(17)2-5-19(18)20(22)9-11-23(22,26)13-16-4-7-21(25)27-16/h3-4,6-7,12-13,18-20,24,26H,2,5,8-11H2,1H3/b16-13-/t18-,19-,20+,22-,23+/m0/s1. The van der Waals surface area contributed by atoms with E-state index >= 15 is 0 Å². The zero-order chi connectivity index (χ0) is 18.8. The van der Waals surface area contributed by atoms with Gasteiger partial charge in [0.2, 0.25) is 0 Å². The largest absolute Gasteiger partial charge is 0.508 e. The molecule has 142 valence electrons. The molecule has 1 aromatic carbocycles. The van der Waals surface area contributed by atoms with Crippen LogP contribution in [0, 0.1) is 17.3 Å². The molecule has 2 saturated carbocycles. The fraction of sp³-hybridized carbons (Fsp3) is 0.522. The Morgan fingerprint density at radius 1 is 1.19 bits per heavy atom. The number of carbonyl (C=O) groups is 1. The third-order valence-corrected chi connectivity index (χ3v) is 7.91. The van der Waals surface area contributed by atoms with E-state index in [-0.39, 0.29) is 11.4 Å². The highest BCUT2D eigenvalue weighted by atomic mass is 16.5. The number of hydrogen-bond acceptors (Lipinski definition) is 4. The van der Waals surface area contributed by atoms with Crippen LogP contribution in [-0.4, -0.2) is 21.8 Å². The van der Waals surface area contributed by atoms with Crippen molar-refractivity contribution in [2.75, 3.05) is 0 Å². The summed E-state index contributed by atoms with van der Waals surface area (Å²) < 4.78 is 5.20. The van der Waals surface area contributed by atoms with Gasteiger partial charge in [0, 0.05) is 11.5 Å². The van der Waals surface area contributed by atoms with E-state index in [9.17, 15) is 15.0 Å². The lowest BCUT2D eigenvalue weighted by molar-refractivity contribution is -0.132. The van der Waals surface area contributed by atoms with Gasteiger partial charge in [0.1, 0.15) is 11.5 Å². The Morgan fingerprint density at radius 3 is 2.81 bits per heavy atom. The van der Waals surface area contributed by atoms with Gasteiger partial charge >= 0.3 is 5.97 Å². The molecule has 0 radical (unpaired) electrons. The summed E-state index contributed by atoms with van der Waals surface area (Å²) in [5.41, 5.74) is 1.56. The normalized spacial score (nSPS) is 41.2. The van der Waals surface area contributed by atoms with Crippen LogP contribution in [0.15, 0.2) is 42.2 Å². The first kappa shape index (κ1) is 17.1. The molecule has 0 saturated heterocycles. The van der Waals surface area contributed by atoms with Crippen LogP contribution in [0.3, 0.4) is 0 Å². The van der Waals surface area contributed by atoms with Gasteiger partial charge in [0.05, 0.1) is 5.60 Å². The number of hydrogen-bond donors (Lipinski definition) is 2. The number of phenolic OH excluding ortho intramolecular Hbond substituents is 1. The summed E-state index contributed by atoms with van der Waals surface area (Å²) in [7, 11) is 0. The smallest absolute Gasteiger partial charge is 0.336 e. The molecule has 2 fully saturated rings. The molecule has 2 N–H and O–H groups in total. The number of phenols is 1. The number of fused-ring (bicyclic) bond motifs is 5. The van der Waals surface area contributed by atoms with E-state index in [0.717, 1.165) is 32.1 Å². The second kappa shape index (κ2) is 5.71. The van der Waals surface area contributed by atoms with Gasteiger partial charge < -0.3 is 14.9 Å². The van der Waals surface area contributed by atoms with Crippen molar-refractivity contribution in [1.82, 2.24) is 0 Å². The van der Waals surface area contributed by atoms with Crippen LogP contribution in [0.4, 0.5) is 0 Å². The summed E-state index contributed by atoms with van der Waals surface area (Å²) in [6.07, 6.45) is 10.7. The first-order valence-electron chi connectivity index (χ1n) is 10.1. The minimum atomic E-state index is -0.928. The van der Waals surface area contributed by atoms with Crippen molar-refractivity contribution in [3.8, 4) is 5.75 Å². The quantitative estimate of drug-likeness (QED) is 0.738. The Bertz CT molecular complexity index is 869. The van der Waals surface area contributed by atoms with Gasteiger partial charge in [-0.05, 0) is 91.7 Å². The molecule has 0 unspecified atom stereocenters. The van der Waals surface area contributed by atoms with Gasteiger partial charge in [-0.1, -0.05) is 13.0 Å². The summed E-state index contributed by atoms with van der Waals surface area (Å²) in [5, 5.41) is 21.4. The molecule has 1 aromatic rings. The lowest BCUT2D eigenvalue weighted by Crippen LogP contribution is -2.50. The molecule has 4 nitrogen and oxygen atoms in total. The van der Waals surface area contributed by atoms with E-state index in [0.29, 0.717) is 35.7 Å². The molecule has 5 atom stereocenters. The van der Waals surface area contributed by atoms with Crippen molar-refractivity contribution in [3.63, 3.8) is 0 Å². The minimum Gasteiger partial charge on any atom is -0.508 e. The van der Waals surface area contributed by atoms with Crippen LogP contribution in [0.25, 0.3) is 0 Å². The Balaban J connectivity index is 1.47. The van der Waals surface area contributed by atoms with Gasteiger partial charge in [0.25, 0.3) is 0 Å². The second-order valence-corrected chi connectivity index (χ2v) is 9.02. The molecule has 1 heterocycles. The molecule has 0 bridgehead atoms. The predicted molar refractivity (Wildman–Crippen MR) is 101 cm³/mol. The van der Waals surface area contributed by atoms with Crippen molar-refractivity contribution in [1.29, 1.82) is 0 Å². The van der Waals surface area contributed by atoms with Gasteiger partial charge in [0.15, 0.2) is 0 Å². The van der Waals surface area contributed by atoms with Crippen LogP contribution in [0.2, 0.25) is 0 Å². The number of cyclic esters (lactones) is 1. The Hall–Kier alpha value is -2.07. The highest BCUT2D eigenvalue weighted by molar-refractivity contribution is 5.86. The summed E-state index contributed by atoms with van der Waals surface area (Å²) in [6, 6.07) is 5.84. The van der Waals surface area contributed by atoms with E-state index in [1.54, 1.807) is 12.2 Å². The molecular formula is C23H26O4. The molecular weight excluding hydrogens is 340 g/mol. The number of allylic oxidation sites excluding steroid dienone is 1. The number of carbonyl (C=O) groups excluding carboxylic acids is 1. The van der Waals surface area contributed by atoms with E-state index < -0.39 is 5.60 Å². The van der Waals surface area contributed by atoms with E-state index in [2.05, 4.69) is 13.0 Å². The topological polar surface area (TPSA) is 66.8 Å². The van der Waals surface area contributed by atoms with Crippen LogP contribution >= 0.6 is 0 Å². The molecule has 27 heavy (non-hydrogen) atoms. The number of benzene rings is 1. The van der Waals surface area contributed by atoms with Crippen LogP contribution in [0.1, 0.15) is 56.1 Å². The van der Waals surface area contributed by atoms with Gasteiger partial charge in [-0.3, -0.25) is 0 Å². The van der Waals surface area contributed by atoms with E-state index in [4.69, 9.17) is 4.74 Å². The molecule has 1 aliphatic heterocycles. The van der Waals surface area contributed by atoms with Crippen molar-refractivity contribution in [2.45, 2.75) is 57.0 Å². The summed E-state index contributed by atoms with van der Waals surface area (Å²) in [5.74, 6) is 2.02. The Labute approximate surface area is 159 Å². The number of aliphatic hydroxyl groups is 1. The molecule has 3 aliphatic carbocycles. The van der Waals surface area contributed by atoms with Crippen molar-refractivity contribution >= 4 is 5.97 Å². The fourth-order valence-corrected chi connectivity index (χ4v) is 6.50. The SMILES string of the molecule is C[C@]12CC[C@H]3c4ccc(O)cc4CC[C@@H]3[C@H]1CC[C@@]2(O)/C=C1/C=CC(=O)O1. The lowest BCUT2D eigenvalue weighted by atomic mass is 9.53. The number of aryl methyl sites for hydroxylation is 1. The van der Waals surface area contributed by atoms with Gasteiger partial charge in [-0.2, -0.15) is 0 Å². The second-order valence-electron chi connectivity index (χ2n) is 9.02. The zero-order valence-corrected chi connectivity index (χ0v) is 15.6. The van der Waals surface area contributed by atoms with Crippen molar-refractivity contribution < 1.29 is 19.7 Å². The first-order chi connectivity index (χ1) is 12.9. The van der Waals surface area contributed by atoms with Crippen molar-refractivity contribution in [2.24, 2.45) is 17.3 Å². The molecule has 5 rings (SSSR count). The van der Waals surface area contributed by atoms with Crippen LogP contribution in [0.5, 0.6) is 5.75 Å². The van der Waals surface area contributed by atoms with Crippen LogP contribution < -0.4 is 0 Å². The minimum absolute atomic E-state index is 0.196. The van der Waals surface area contributed by atoms with Gasteiger partial charge in [-0.25, -0.2) is 4.79 Å². The number of rotatable bonds is 1. The summed E-state index contributed by atoms with van der Waals surface area (Å²) in [4.78, 5) is 11.4. The third-order valence-electron chi connectivity index (χ3n) is 7.91. The summed E-state index contributed by atoms with van der Waals surface area (Å²) >= 11 is 0. The number of esters is 1. The Kier molecular flexibility index (Phi) is 3.61. The molecule has 4 aliphatic rings. The zero-order valence-electron chi connectivity index (χ0n) is 15.6. The molecule has 0 aromatic heterocycles. The highest BCUT2D eigenvalue weighted by Crippen LogP contribution is 2.64. The Morgan fingerprint density at radius 2 is 2.04 bits per heavy atom. The third kappa shape index (κ3) is 2.42. The van der Waals surface area contributed by atoms with Crippen molar-refractivity contribution in [3.05, 3.63) is 53.3 Å². The maximum Gasteiger partial charge on any atom is 0.336 e. The van der Waals surface area contributed by atoms with E-state index in [1.165, 1.54) is 17.2 Å².